The van der Waals surface area contributed by atoms with Gasteiger partial charge in [0.15, 0.2) is 0 Å². The zero-order chi connectivity index (χ0) is 10.1. The van der Waals surface area contributed by atoms with Crippen LogP contribution in [-0.4, -0.2) is 8.32 Å². The fourth-order valence-electron chi connectivity index (χ4n) is 1.42. The molecule has 0 saturated heterocycles. The molecule has 1 rings (SSSR count). The van der Waals surface area contributed by atoms with Gasteiger partial charge in [-0.3, -0.25) is 0 Å². The minimum Gasteiger partial charge on any atom is -0.547 e. The third-order valence-electron chi connectivity index (χ3n) is 2.23. The van der Waals surface area contributed by atoms with Gasteiger partial charge in [-0.25, -0.2) is 0 Å². The fraction of sp³-hybridized carbons (Fsp3) is 0.636. The summed E-state index contributed by atoms with van der Waals surface area (Å²) in [4.78, 5) is 0. The second-order valence-electron chi connectivity index (χ2n) is 4.79. The monoisotopic (exact) mass is 196 g/mol. The first-order chi connectivity index (χ1) is 5.88. The summed E-state index contributed by atoms with van der Waals surface area (Å²) in [6.45, 7) is 11.1. The van der Waals surface area contributed by atoms with E-state index in [-0.39, 0.29) is 0 Å². The molecule has 0 atom stereocenters. The molecule has 0 aromatic carbocycles. The van der Waals surface area contributed by atoms with E-state index in [1.54, 1.807) is 0 Å². The lowest BCUT2D eigenvalue weighted by Crippen LogP contribution is -2.25. The molecule has 1 aliphatic carbocycles. The lowest BCUT2D eigenvalue weighted by molar-refractivity contribution is 0.395. The normalized spacial score (nSPS) is 18.7. The van der Waals surface area contributed by atoms with Crippen LogP contribution in [0.25, 0.3) is 0 Å². The third-order valence-corrected chi connectivity index (χ3v) is 3.11. The maximum Gasteiger partial charge on any atom is 0.241 e. The zero-order valence-electron chi connectivity index (χ0n) is 9.40. The second kappa shape index (κ2) is 3.70. The van der Waals surface area contributed by atoms with Crippen molar-refractivity contribution < 1.29 is 4.43 Å². The largest absolute Gasteiger partial charge is 0.547 e. The summed E-state index contributed by atoms with van der Waals surface area (Å²) < 4.78 is 5.96. The maximum atomic E-state index is 5.96. The van der Waals surface area contributed by atoms with Gasteiger partial charge < -0.3 is 4.43 Å². The summed E-state index contributed by atoms with van der Waals surface area (Å²) in [5.74, 6) is 1.20. The Labute approximate surface area is 82.6 Å². The van der Waals surface area contributed by atoms with Gasteiger partial charge in [-0.1, -0.05) is 5.57 Å². The highest BCUT2D eigenvalue weighted by Gasteiger charge is 2.19. The molecule has 0 heterocycles. The highest BCUT2D eigenvalue weighted by atomic mass is 28.4. The van der Waals surface area contributed by atoms with E-state index in [0.717, 1.165) is 6.42 Å². The summed E-state index contributed by atoms with van der Waals surface area (Å²) in [7, 11) is -1.39. The molecule has 0 fully saturated rings. The standard InChI is InChI=1S/C11H20OSi/c1-9-6-7-11(8-10(9)2)12-13(3,4)5/h8H,6-7H2,1-5H3. The summed E-state index contributed by atoms with van der Waals surface area (Å²) in [6, 6.07) is 0. The van der Waals surface area contributed by atoms with Crippen molar-refractivity contribution in [2.75, 3.05) is 0 Å². The van der Waals surface area contributed by atoms with E-state index in [9.17, 15) is 0 Å². The van der Waals surface area contributed by atoms with Gasteiger partial charge in [0.2, 0.25) is 8.32 Å². The van der Waals surface area contributed by atoms with Crippen LogP contribution in [-0.2, 0) is 4.43 Å². The lowest BCUT2D eigenvalue weighted by atomic mass is 9.99. The molecule has 74 valence electrons. The van der Waals surface area contributed by atoms with E-state index in [0.29, 0.717) is 0 Å². The molecule has 0 aliphatic heterocycles. The second-order valence-corrected chi connectivity index (χ2v) is 9.22. The number of rotatable bonds is 2. The third kappa shape index (κ3) is 3.39. The summed E-state index contributed by atoms with van der Waals surface area (Å²) >= 11 is 0. The molecule has 0 bridgehead atoms. The van der Waals surface area contributed by atoms with E-state index in [4.69, 9.17) is 4.43 Å². The molecule has 0 saturated carbocycles. The summed E-state index contributed by atoms with van der Waals surface area (Å²) in [5.41, 5.74) is 2.89. The first-order valence-corrected chi connectivity index (χ1v) is 8.35. The predicted molar refractivity (Wildman–Crippen MR) is 60.1 cm³/mol. The van der Waals surface area contributed by atoms with Gasteiger partial charge in [-0.05, 0) is 51.6 Å². The molecule has 0 aromatic heterocycles. The molecule has 0 aromatic rings. The van der Waals surface area contributed by atoms with Crippen LogP contribution >= 0.6 is 0 Å². The average molecular weight is 196 g/mol. The van der Waals surface area contributed by atoms with E-state index >= 15 is 0 Å². The van der Waals surface area contributed by atoms with Gasteiger partial charge >= 0.3 is 0 Å². The topological polar surface area (TPSA) is 9.23 Å². The molecule has 0 amide bonds. The van der Waals surface area contributed by atoms with E-state index in [1.165, 1.54) is 23.3 Å². The van der Waals surface area contributed by atoms with E-state index in [1.807, 2.05) is 0 Å². The van der Waals surface area contributed by atoms with Crippen LogP contribution in [0.5, 0.6) is 0 Å². The number of hydrogen-bond donors (Lipinski definition) is 0. The highest BCUT2D eigenvalue weighted by Crippen LogP contribution is 2.26. The van der Waals surface area contributed by atoms with Gasteiger partial charge in [0.25, 0.3) is 0 Å². The lowest BCUT2D eigenvalue weighted by Gasteiger charge is -2.24. The Morgan fingerprint density at radius 1 is 1.15 bits per heavy atom. The molecular weight excluding hydrogens is 176 g/mol. The molecule has 13 heavy (non-hydrogen) atoms. The summed E-state index contributed by atoms with van der Waals surface area (Å²) in [6.07, 6.45) is 4.46. The van der Waals surface area contributed by atoms with Crippen LogP contribution in [0, 0.1) is 0 Å². The molecule has 0 spiro atoms. The van der Waals surface area contributed by atoms with Gasteiger partial charge in [-0.2, -0.15) is 0 Å². The van der Waals surface area contributed by atoms with Crippen LogP contribution in [0.3, 0.4) is 0 Å². The maximum absolute atomic E-state index is 5.96. The number of hydrogen-bond acceptors (Lipinski definition) is 1. The van der Waals surface area contributed by atoms with E-state index in [2.05, 4.69) is 39.6 Å². The van der Waals surface area contributed by atoms with Crippen LogP contribution in [0.4, 0.5) is 0 Å². The fourth-order valence-corrected chi connectivity index (χ4v) is 2.37. The Hall–Kier alpha value is -0.503. The van der Waals surface area contributed by atoms with Crippen molar-refractivity contribution in [3.8, 4) is 0 Å². The van der Waals surface area contributed by atoms with Crippen molar-refractivity contribution in [3.63, 3.8) is 0 Å². The van der Waals surface area contributed by atoms with Crippen LogP contribution < -0.4 is 0 Å². The molecule has 2 heteroatoms. The van der Waals surface area contributed by atoms with Crippen LogP contribution in [0.2, 0.25) is 19.6 Å². The van der Waals surface area contributed by atoms with Gasteiger partial charge in [0.05, 0.1) is 5.76 Å². The highest BCUT2D eigenvalue weighted by molar-refractivity contribution is 6.70. The average Bonchev–Trinajstić information content (AvgIpc) is 1.94. The van der Waals surface area contributed by atoms with Crippen molar-refractivity contribution in [2.45, 2.75) is 46.3 Å². The number of allylic oxidation sites excluding steroid dienone is 4. The van der Waals surface area contributed by atoms with Crippen molar-refractivity contribution in [3.05, 3.63) is 23.0 Å². The molecule has 0 radical (unpaired) electrons. The Morgan fingerprint density at radius 2 is 1.77 bits per heavy atom. The van der Waals surface area contributed by atoms with Crippen LogP contribution in [0.1, 0.15) is 26.7 Å². The Morgan fingerprint density at radius 3 is 2.23 bits per heavy atom. The zero-order valence-corrected chi connectivity index (χ0v) is 10.4. The molecule has 0 unspecified atom stereocenters. The minimum atomic E-state index is -1.39. The van der Waals surface area contributed by atoms with Crippen molar-refractivity contribution in [2.24, 2.45) is 0 Å². The van der Waals surface area contributed by atoms with Gasteiger partial charge in [0, 0.05) is 6.42 Å². The first-order valence-electron chi connectivity index (χ1n) is 4.94. The Balaban J connectivity index is 2.69. The molecule has 1 nitrogen and oxygen atoms in total. The molecular formula is C11H20OSi. The van der Waals surface area contributed by atoms with Crippen molar-refractivity contribution >= 4 is 8.32 Å². The van der Waals surface area contributed by atoms with Crippen molar-refractivity contribution in [1.29, 1.82) is 0 Å². The van der Waals surface area contributed by atoms with Gasteiger partial charge in [0.1, 0.15) is 0 Å². The van der Waals surface area contributed by atoms with E-state index < -0.39 is 8.32 Å². The SMILES string of the molecule is CC1=C(C)CCC(O[Si](C)(C)C)=C1. The Bertz CT molecular complexity index is 256. The van der Waals surface area contributed by atoms with Crippen LogP contribution in [0.15, 0.2) is 23.0 Å². The van der Waals surface area contributed by atoms with Gasteiger partial charge in [-0.15, -0.1) is 0 Å². The smallest absolute Gasteiger partial charge is 0.241 e. The van der Waals surface area contributed by atoms with Crippen molar-refractivity contribution in [1.82, 2.24) is 0 Å². The molecule has 1 aliphatic rings. The summed E-state index contributed by atoms with van der Waals surface area (Å²) in [5, 5.41) is 0. The predicted octanol–water partition coefficient (Wildman–Crippen LogP) is 3.85. The Kier molecular flexibility index (Phi) is 3.01. The first kappa shape index (κ1) is 10.6. The molecule has 0 N–H and O–H groups in total. The quantitative estimate of drug-likeness (QED) is 0.610. The minimum absolute atomic E-state index is 1.09.